The van der Waals surface area contributed by atoms with Gasteiger partial charge in [0, 0.05) is 39.1 Å². The fourth-order valence-electron chi connectivity index (χ4n) is 2.68. The quantitative estimate of drug-likeness (QED) is 0.833. The Morgan fingerprint density at radius 1 is 1.41 bits per heavy atom. The van der Waals surface area contributed by atoms with Crippen molar-refractivity contribution in [3.8, 4) is 0 Å². The molecule has 2 heterocycles. The van der Waals surface area contributed by atoms with Crippen LogP contribution in [0.15, 0.2) is 24.4 Å². The number of pyridine rings is 1. The van der Waals surface area contributed by atoms with Crippen LogP contribution in [0.5, 0.6) is 0 Å². The van der Waals surface area contributed by atoms with Crippen molar-refractivity contribution in [1.82, 2.24) is 20.1 Å². The molecule has 0 bridgehead atoms. The highest BCUT2D eigenvalue weighted by atomic mass is 16.2. The first-order valence-electron chi connectivity index (χ1n) is 7.75. The van der Waals surface area contributed by atoms with E-state index in [1.165, 1.54) is 0 Å². The van der Waals surface area contributed by atoms with Crippen LogP contribution in [-0.4, -0.2) is 59.9 Å². The predicted molar refractivity (Wildman–Crippen MR) is 84.4 cm³/mol. The minimum Gasteiger partial charge on any atom is -0.347 e. The highest BCUT2D eigenvalue weighted by Gasteiger charge is 2.34. The Balaban J connectivity index is 1.76. The number of likely N-dealkylation sites (tertiary alicyclic amines) is 1. The molecule has 0 saturated carbocycles. The number of rotatable bonds is 5. The largest absolute Gasteiger partial charge is 0.347 e. The number of urea groups is 1. The van der Waals surface area contributed by atoms with E-state index in [-0.39, 0.29) is 18.0 Å². The zero-order chi connectivity index (χ0) is 15.9. The number of nitrogens with one attached hydrogen (secondary N) is 1. The van der Waals surface area contributed by atoms with Crippen LogP contribution in [0.3, 0.4) is 0 Å². The minimum absolute atomic E-state index is 0.00105. The molecule has 1 aliphatic heterocycles. The van der Waals surface area contributed by atoms with E-state index in [1.807, 2.05) is 18.2 Å². The Morgan fingerprint density at radius 2 is 2.23 bits per heavy atom. The number of hydrogen-bond donors (Lipinski definition) is 1. The van der Waals surface area contributed by atoms with Gasteiger partial charge in [-0.05, 0) is 37.8 Å². The SMILES string of the molecule is CN(C)C(=O)[C@@H]1CCCN1C(=O)NCCCc1ccccn1. The van der Waals surface area contributed by atoms with Crippen LogP contribution in [0.25, 0.3) is 0 Å². The summed E-state index contributed by atoms with van der Waals surface area (Å²) in [5.74, 6) is 0.00105. The number of hydrogen-bond acceptors (Lipinski definition) is 3. The van der Waals surface area contributed by atoms with Crippen LogP contribution in [0.2, 0.25) is 0 Å². The highest BCUT2D eigenvalue weighted by Crippen LogP contribution is 2.18. The highest BCUT2D eigenvalue weighted by molar-refractivity contribution is 5.87. The zero-order valence-corrected chi connectivity index (χ0v) is 13.3. The maximum Gasteiger partial charge on any atom is 0.318 e. The fourth-order valence-corrected chi connectivity index (χ4v) is 2.68. The molecule has 2 rings (SSSR count). The van der Waals surface area contributed by atoms with Gasteiger partial charge >= 0.3 is 6.03 Å². The Kier molecular flexibility index (Phi) is 5.75. The molecule has 120 valence electrons. The van der Waals surface area contributed by atoms with Gasteiger partial charge in [-0.3, -0.25) is 9.78 Å². The molecule has 0 spiro atoms. The van der Waals surface area contributed by atoms with Crippen LogP contribution in [0.4, 0.5) is 4.79 Å². The summed E-state index contributed by atoms with van der Waals surface area (Å²) in [6, 6.07) is 5.38. The molecule has 1 saturated heterocycles. The van der Waals surface area contributed by atoms with E-state index in [4.69, 9.17) is 0 Å². The third kappa shape index (κ3) is 4.19. The van der Waals surface area contributed by atoms with Crippen LogP contribution < -0.4 is 5.32 Å². The number of aryl methyl sites for hydroxylation is 1. The van der Waals surface area contributed by atoms with Crippen molar-refractivity contribution in [2.75, 3.05) is 27.2 Å². The maximum absolute atomic E-state index is 12.2. The second-order valence-electron chi connectivity index (χ2n) is 5.74. The van der Waals surface area contributed by atoms with Crippen LogP contribution in [0, 0.1) is 0 Å². The first kappa shape index (κ1) is 16.3. The molecule has 6 heteroatoms. The smallest absolute Gasteiger partial charge is 0.318 e. The average molecular weight is 304 g/mol. The van der Waals surface area contributed by atoms with Gasteiger partial charge in [0.25, 0.3) is 0 Å². The molecule has 0 radical (unpaired) electrons. The number of nitrogens with zero attached hydrogens (tertiary/aromatic N) is 3. The van der Waals surface area contributed by atoms with Gasteiger partial charge in [0.2, 0.25) is 5.91 Å². The lowest BCUT2D eigenvalue weighted by Crippen LogP contribution is -2.49. The van der Waals surface area contributed by atoms with Crippen molar-refractivity contribution < 1.29 is 9.59 Å². The second-order valence-corrected chi connectivity index (χ2v) is 5.74. The van der Waals surface area contributed by atoms with Gasteiger partial charge in [-0.15, -0.1) is 0 Å². The maximum atomic E-state index is 12.2. The van der Waals surface area contributed by atoms with E-state index in [0.717, 1.165) is 31.4 Å². The van der Waals surface area contributed by atoms with Crippen molar-refractivity contribution in [2.45, 2.75) is 31.7 Å². The Labute approximate surface area is 131 Å². The Bertz CT molecular complexity index is 504. The molecule has 1 aliphatic rings. The Morgan fingerprint density at radius 3 is 2.91 bits per heavy atom. The number of aromatic nitrogens is 1. The lowest BCUT2D eigenvalue weighted by atomic mass is 10.2. The first-order chi connectivity index (χ1) is 10.6. The van der Waals surface area contributed by atoms with Gasteiger partial charge in [0.15, 0.2) is 0 Å². The number of carbonyl (C=O) groups is 2. The summed E-state index contributed by atoms with van der Waals surface area (Å²) in [5, 5.41) is 2.91. The Hall–Kier alpha value is -2.11. The molecule has 22 heavy (non-hydrogen) atoms. The molecule has 0 unspecified atom stereocenters. The summed E-state index contributed by atoms with van der Waals surface area (Å²) in [4.78, 5) is 31.8. The monoisotopic (exact) mass is 304 g/mol. The minimum atomic E-state index is -0.314. The topological polar surface area (TPSA) is 65.5 Å². The van der Waals surface area contributed by atoms with Gasteiger partial charge in [0.1, 0.15) is 6.04 Å². The van der Waals surface area contributed by atoms with E-state index < -0.39 is 0 Å². The van der Waals surface area contributed by atoms with Gasteiger partial charge in [-0.1, -0.05) is 6.07 Å². The molecule has 0 aliphatic carbocycles. The summed E-state index contributed by atoms with van der Waals surface area (Å²) in [7, 11) is 3.45. The summed E-state index contributed by atoms with van der Waals surface area (Å²) in [6.07, 6.45) is 5.07. The van der Waals surface area contributed by atoms with Gasteiger partial charge in [-0.25, -0.2) is 4.79 Å². The van der Waals surface area contributed by atoms with Crippen molar-refractivity contribution >= 4 is 11.9 Å². The van der Waals surface area contributed by atoms with E-state index in [0.29, 0.717) is 13.1 Å². The zero-order valence-electron chi connectivity index (χ0n) is 13.3. The molecule has 0 aromatic carbocycles. The number of amides is 3. The van der Waals surface area contributed by atoms with Crippen LogP contribution in [0.1, 0.15) is 25.0 Å². The van der Waals surface area contributed by atoms with E-state index in [2.05, 4.69) is 10.3 Å². The molecule has 1 aromatic rings. The molecule has 6 nitrogen and oxygen atoms in total. The van der Waals surface area contributed by atoms with Gasteiger partial charge < -0.3 is 15.1 Å². The van der Waals surface area contributed by atoms with E-state index >= 15 is 0 Å². The standard InChI is InChI=1S/C16H24N4O2/c1-19(2)15(21)14-9-6-12-20(14)16(22)18-11-5-8-13-7-3-4-10-17-13/h3-4,7,10,14H,5-6,8-9,11-12H2,1-2H3,(H,18,22)/t14-/m0/s1. The van der Waals surface area contributed by atoms with Crippen molar-refractivity contribution in [3.63, 3.8) is 0 Å². The van der Waals surface area contributed by atoms with Crippen molar-refractivity contribution in [3.05, 3.63) is 30.1 Å². The van der Waals surface area contributed by atoms with Crippen molar-refractivity contribution in [1.29, 1.82) is 0 Å². The van der Waals surface area contributed by atoms with E-state index in [9.17, 15) is 9.59 Å². The summed E-state index contributed by atoms with van der Waals surface area (Å²) < 4.78 is 0. The van der Waals surface area contributed by atoms with Gasteiger partial charge in [-0.2, -0.15) is 0 Å². The number of likely N-dealkylation sites (N-methyl/N-ethyl adjacent to an activating group) is 1. The molecule has 3 amide bonds. The molecule has 1 aromatic heterocycles. The van der Waals surface area contributed by atoms with Gasteiger partial charge in [0.05, 0.1) is 0 Å². The van der Waals surface area contributed by atoms with Crippen LogP contribution in [-0.2, 0) is 11.2 Å². The number of carbonyl (C=O) groups excluding carboxylic acids is 2. The lowest BCUT2D eigenvalue weighted by molar-refractivity contribution is -0.132. The summed E-state index contributed by atoms with van der Waals surface area (Å²) in [6.45, 7) is 1.24. The third-order valence-electron chi connectivity index (χ3n) is 3.85. The molecular formula is C16H24N4O2. The third-order valence-corrected chi connectivity index (χ3v) is 3.85. The molecular weight excluding hydrogens is 280 g/mol. The molecule has 1 N–H and O–H groups in total. The molecule has 1 fully saturated rings. The van der Waals surface area contributed by atoms with Crippen molar-refractivity contribution in [2.24, 2.45) is 0 Å². The second kappa shape index (κ2) is 7.77. The molecule has 1 atom stereocenters. The fraction of sp³-hybridized carbons (Fsp3) is 0.562. The first-order valence-corrected chi connectivity index (χ1v) is 7.75. The normalized spacial score (nSPS) is 17.4. The predicted octanol–water partition coefficient (Wildman–Crippen LogP) is 1.28. The summed E-state index contributed by atoms with van der Waals surface area (Å²) >= 11 is 0. The van der Waals surface area contributed by atoms with Crippen LogP contribution >= 0.6 is 0 Å². The summed E-state index contributed by atoms with van der Waals surface area (Å²) in [5.41, 5.74) is 1.03. The lowest BCUT2D eigenvalue weighted by Gasteiger charge is -2.26. The average Bonchev–Trinajstić information content (AvgIpc) is 3.01. The van der Waals surface area contributed by atoms with E-state index in [1.54, 1.807) is 30.1 Å².